The molecule has 110 valence electrons. The summed E-state index contributed by atoms with van der Waals surface area (Å²) >= 11 is 6.15. The minimum atomic E-state index is -4.43. The highest BCUT2D eigenvalue weighted by Gasteiger charge is 2.41. The average molecular weight is 315 g/mol. The van der Waals surface area contributed by atoms with E-state index >= 15 is 0 Å². The van der Waals surface area contributed by atoms with Crippen LogP contribution in [-0.4, -0.2) is 22.1 Å². The van der Waals surface area contributed by atoms with Gasteiger partial charge in [-0.3, -0.25) is 4.68 Å². The van der Waals surface area contributed by atoms with Crippen molar-refractivity contribution in [1.29, 1.82) is 0 Å². The maximum absolute atomic E-state index is 12.7. The Kier molecular flexibility index (Phi) is 3.41. The largest absolute Gasteiger partial charge is 0.476 e. The SMILES string of the molecule is FC(F)(F)C1C=Cc2c(ccc(Cl)c2Cn2cccn2)O1. The number of halogens is 4. The minimum absolute atomic E-state index is 0.173. The molecule has 1 unspecified atom stereocenters. The highest BCUT2D eigenvalue weighted by Crippen LogP contribution is 2.37. The molecule has 3 nitrogen and oxygen atoms in total. The van der Waals surface area contributed by atoms with Gasteiger partial charge in [0.2, 0.25) is 6.10 Å². The molecule has 3 rings (SSSR count). The molecule has 0 spiro atoms. The van der Waals surface area contributed by atoms with Gasteiger partial charge in [0.05, 0.1) is 6.54 Å². The molecule has 2 heterocycles. The Bertz CT molecular complexity index is 680. The van der Waals surface area contributed by atoms with E-state index < -0.39 is 12.3 Å². The zero-order valence-corrected chi connectivity index (χ0v) is 11.4. The van der Waals surface area contributed by atoms with Gasteiger partial charge in [-0.1, -0.05) is 17.7 Å². The van der Waals surface area contributed by atoms with E-state index in [4.69, 9.17) is 16.3 Å². The first-order chi connectivity index (χ1) is 9.95. The van der Waals surface area contributed by atoms with E-state index in [1.54, 1.807) is 23.1 Å². The maximum atomic E-state index is 12.7. The number of benzene rings is 1. The van der Waals surface area contributed by atoms with Gasteiger partial charge in [-0.05, 0) is 24.3 Å². The van der Waals surface area contributed by atoms with Crippen LogP contribution in [-0.2, 0) is 6.54 Å². The molecule has 7 heteroatoms. The van der Waals surface area contributed by atoms with Crippen molar-refractivity contribution in [3.05, 3.63) is 52.8 Å². The van der Waals surface area contributed by atoms with Crippen molar-refractivity contribution in [3.63, 3.8) is 0 Å². The molecule has 0 saturated heterocycles. The fourth-order valence-corrected chi connectivity index (χ4v) is 2.38. The van der Waals surface area contributed by atoms with Crippen molar-refractivity contribution in [2.45, 2.75) is 18.8 Å². The van der Waals surface area contributed by atoms with E-state index in [0.717, 1.165) is 6.08 Å². The number of ether oxygens (including phenoxy) is 1. The predicted molar refractivity (Wildman–Crippen MR) is 72.3 cm³/mol. The van der Waals surface area contributed by atoms with Crippen molar-refractivity contribution in [2.75, 3.05) is 0 Å². The quantitative estimate of drug-likeness (QED) is 0.840. The Morgan fingerprint density at radius 2 is 2.14 bits per heavy atom. The molecule has 1 aromatic carbocycles. The van der Waals surface area contributed by atoms with Gasteiger partial charge in [0.15, 0.2) is 0 Å². The highest BCUT2D eigenvalue weighted by molar-refractivity contribution is 6.31. The predicted octanol–water partition coefficient (Wildman–Crippen LogP) is 3.92. The molecule has 0 aliphatic carbocycles. The van der Waals surface area contributed by atoms with Crippen LogP contribution in [0.4, 0.5) is 13.2 Å². The Labute approximate surface area is 123 Å². The summed E-state index contributed by atoms with van der Waals surface area (Å²) in [5, 5.41) is 4.53. The third kappa shape index (κ3) is 2.76. The molecule has 21 heavy (non-hydrogen) atoms. The zero-order valence-electron chi connectivity index (χ0n) is 10.6. The number of hydrogen-bond acceptors (Lipinski definition) is 2. The van der Waals surface area contributed by atoms with Crippen LogP contribution in [0.5, 0.6) is 5.75 Å². The lowest BCUT2D eigenvalue weighted by atomic mass is 10.0. The number of fused-ring (bicyclic) bond motifs is 1. The van der Waals surface area contributed by atoms with Crippen LogP contribution in [0.25, 0.3) is 6.08 Å². The van der Waals surface area contributed by atoms with E-state index in [2.05, 4.69) is 5.10 Å². The number of alkyl halides is 3. The van der Waals surface area contributed by atoms with Crippen molar-refractivity contribution in [1.82, 2.24) is 9.78 Å². The normalized spacial score (nSPS) is 17.4. The molecule has 2 aromatic rings. The van der Waals surface area contributed by atoms with E-state index in [1.165, 1.54) is 18.2 Å². The lowest BCUT2D eigenvalue weighted by Gasteiger charge is -2.25. The highest BCUT2D eigenvalue weighted by atomic mass is 35.5. The van der Waals surface area contributed by atoms with E-state index in [0.29, 0.717) is 22.7 Å². The second kappa shape index (κ2) is 5.11. The Balaban J connectivity index is 1.98. The van der Waals surface area contributed by atoms with Crippen molar-refractivity contribution in [3.8, 4) is 5.75 Å². The number of rotatable bonds is 2. The first-order valence-corrected chi connectivity index (χ1v) is 6.53. The summed E-state index contributed by atoms with van der Waals surface area (Å²) in [6.45, 7) is 0.361. The average Bonchev–Trinajstić information content (AvgIpc) is 2.93. The summed E-state index contributed by atoms with van der Waals surface area (Å²) in [4.78, 5) is 0. The summed E-state index contributed by atoms with van der Waals surface area (Å²) < 4.78 is 44.8. The lowest BCUT2D eigenvalue weighted by Crippen LogP contribution is -2.34. The van der Waals surface area contributed by atoms with Crippen LogP contribution in [0.1, 0.15) is 11.1 Å². The van der Waals surface area contributed by atoms with Crippen LogP contribution in [0, 0.1) is 0 Å². The van der Waals surface area contributed by atoms with Gasteiger partial charge in [0.25, 0.3) is 0 Å². The summed E-state index contributed by atoms with van der Waals surface area (Å²) in [7, 11) is 0. The monoisotopic (exact) mass is 314 g/mol. The van der Waals surface area contributed by atoms with E-state index in [1.807, 2.05) is 0 Å². The fourth-order valence-electron chi connectivity index (χ4n) is 2.15. The Hall–Kier alpha value is -1.95. The van der Waals surface area contributed by atoms with E-state index in [-0.39, 0.29) is 5.75 Å². The molecule has 0 bridgehead atoms. The maximum Gasteiger partial charge on any atom is 0.429 e. The summed E-state index contributed by atoms with van der Waals surface area (Å²) in [5.74, 6) is 0.173. The van der Waals surface area contributed by atoms with Gasteiger partial charge < -0.3 is 4.74 Å². The second-order valence-corrected chi connectivity index (χ2v) is 4.99. The molecular formula is C14H10ClF3N2O. The second-order valence-electron chi connectivity index (χ2n) is 4.58. The lowest BCUT2D eigenvalue weighted by molar-refractivity contribution is -0.180. The summed E-state index contributed by atoms with van der Waals surface area (Å²) in [6, 6.07) is 4.74. The van der Waals surface area contributed by atoms with Gasteiger partial charge in [-0.15, -0.1) is 0 Å². The molecule has 0 amide bonds. The first-order valence-electron chi connectivity index (χ1n) is 6.15. The first kappa shape index (κ1) is 14.0. The van der Waals surface area contributed by atoms with Crippen LogP contribution in [0.3, 0.4) is 0 Å². The van der Waals surface area contributed by atoms with Crippen LogP contribution < -0.4 is 4.74 Å². The number of hydrogen-bond donors (Lipinski definition) is 0. The molecule has 0 fully saturated rings. The third-order valence-electron chi connectivity index (χ3n) is 3.15. The van der Waals surface area contributed by atoms with Gasteiger partial charge in [-0.25, -0.2) is 0 Å². The van der Waals surface area contributed by atoms with Gasteiger partial charge in [-0.2, -0.15) is 18.3 Å². The fraction of sp³-hybridized carbons (Fsp3) is 0.214. The van der Waals surface area contributed by atoms with Gasteiger partial charge in [0.1, 0.15) is 5.75 Å². The van der Waals surface area contributed by atoms with Crippen LogP contribution in [0.2, 0.25) is 5.02 Å². The molecule has 0 N–H and O–H groups in total. The Morgan fingerprint density at radius 3 is 2.81 bits per heavy atom. The van der Waals surface area contributed by atoms with E-state index in [9.17, 15) is 13.2 Å². The van der Waals surface area contributed by atoms with Crippen LogP contribution in [0.15, 0.2) is 36.7 Å². The molecule has 1 atom stereocenters. The van der Waals surface area contributed by atoms with Crippen molar-refractivity contribution in [2.24, 2.45) is 0 Å². The number of nitrogens with zero attached hydrogens (tertiary/aromatic N) is 2. The summed E-state index contributed by atoms with van der Waals surface area (Å²) in [6.07, 6.45) is -0.594. The van der Waals surface area contributed by atoms with Crippen molar-refractivity contribution >= 4 is 17.7 Å². The molecule has 1 aliphatic heterocycles. The minimum Gasteiger partial charge on any atom is -0.476 e. The summed E-state index contributed by atoms with van der Waals surface area (Å²) in [5.41, 5.74) is 1.23. The molecular weight excluding hydrogens is 305 g/mol. The third-order valence-corrected chi connectivity index (χ3v) is 3.51. The number of aromatic nitrogens is 2. The van der Waals surface area contributed by atoms with Crippen molar-refractivity contribution < 1.29 is 17.9 Å². The van der Waals surface area contributed by atoms with Crippen LogP contribution >= 0.6 is 11.6 Å². The smallest absolute Gasteiger partial charge is 0.429 e. The molecule has 1 aliphatic rings. The Morgan fingerprint density at radius 1 is 1.33 bits per heavy atom. The standard InChI is InChI=1S/C14H10ClF3N2O/c15-11-3-4-12-9(2-5-13(21-12)14(16,17)18)10(11)8-20-7-1-6-19-20/h1-7,13H,8H2. The molecule has 0 saturated carbocycles. The van der Waals surface area contributed by atoms with Gasteiger partial charge in [0, 0.05) is 28.5 Å². The molecule has 0 radical (unpaired) electrons. The topological polar surface area (TPSA) is 27.1 Å². The van der Waals surface area contributed by atoms with Gasteiger partial charge >= 0.3 is 6.18 Å². The zero-order chi connectivity index (χ0) is 15.0. The molecule has 1 aromatic heterocycles.